The van der Waals surface area contributed by atoms with Crippen LogP contribution in [0.5, 0.6) is 0 Å². The van der Waals surface area contributed by atoms with E-state index >= 15 is 0 Å². The minimum Gasteiger partial charge on any atom is -0.460 e. The largest absolute Gasteiger partial charge is 0.460 e. The van der Waals surface area contributed by atoms with E-state index in [1.54, 1.807) is 48.5 Å². The number of esters is 2. The molecule has 0 aromatic carbocycles. The third-order valence-corrected chi connectivity index (χ3v) is 3.87. The van der Waals surface area contributed by atoms with E-state index in [1.165, 1.54) is 6.92 Å². The Morgan fingerprint density at radius 1 is 0.967 bits per heavy atom. The van der Waals surface area contributed by atoms with E-state index in [1.807, 2.05) is 0 Å². The standard InChI is InChI=1S/C22H38N2O6/c1-9-14-22(8,28)16(23)11-12-17(25)24-15(19(27)30-21(5,6)7)10-13-18(26)29-20(2,3)4/h15-16,28H,10-13,23H2,1-8H3,(H,24,25). The van der Waals surface area contributed by atoms with E-state index in [4.69, 9.17) is 15.2 Å². The van der Waals surface area contributed by atoms with Crippen LogP contribution in [-0.2, 0) is 23.9 Å². The van der Waals surface area contributed by atoms with Crippen LogP contribution in [-0.4, -0.2) is 51.8 Å². The molecule has 0 heterocycles. The first-order valence-electron chi connectivity index (χ1n) is 10.1. The van der Waals surface area contributed by atoms with Gasteiger partial charge in [-0.15, -0.1) is 5.92 Å². The van der Waals surface area contributed by atoms with E-state index < -0.39 is 46.7 Å². The predicted molar refractivity (Wildman–Crippen MR) is 114 cm³/mol. The van der Waals surface area contributed by atoms with Crippen LogP contribution >= 0.6 is 0 Å². The molecular formula is C22H38N2O6. The van der Waals surface area contributed by atoms with Crippen molar-refractivity contribution in [3.63, 3.8) is 0 Å². The summed E-state index contributed by atoms with van der Waals surface area (Å²) in [7, 11) is 0. The van der Waals surface area contributed by atoms with Crippen LogP contribution in [0.1, 0.15) is 81.1 Å². The Morgan fingerprint density at radius 3 is 1.97 bits per heavy atom. The number of carbonyl (C=O) groups excluding carboxylic acids is 3. The SMILES string of the molecule is CC#CC(C)(O)C(N)CCC(=O)NC(CCC(=O)OC(C)(C)C)C(=O)OC(C)(C)C. The molecule has 0 fully saturated rings. The van der Waals surface area contributed by atoms with Crippen molar-refractivity contribution >= 4 is 17.8 Å². The van der Waals surface area contributed by atoms with Crippen molar-refractivity contribution in [2.24, 2.45) is 5.73 Å². The van der Waals surface area contributed by atoms with Gasteiger partial charge in [-0.05, 0) is 68.2 Å². The lowest BCUT2D eigenvalue weighted by molar-refractivity contribution is -0.160. The lowest BCUT2D eigenvalue weighted by Crippen LogP contribution is -2.47. The lowest BCUT2D eigenvalue weighted by Gasteiger charge is -2.26. The summed E-state index contributed by atoms with van der Waals surface area (Å²) in [5, 5.41) is 12.8. The predicted octanol–water partition coefficient (Wildman–Crippen LogP) is 1.82. The van der Waals surface area contributed by atoms with Gasteiger partial charge < -0.3 is 25.6 Å². The maximum Gasteiger partial charge on any atom is 0.329 e. The van der Waals surface area contributed by atoms with Crippen LogP contribution in [0.4, 0.5) is 0 Å². The Labute approximate surface area is 180 Å². The molecule has 30 heavy (non-hydrogen) atoms. The number of carbonyl (C=O) groups is 3. The van der Waals surface area contributed by atoms with Gasteiger partial charge in [0, 0.05) is 18.9 Å². The first-order valence-corrected chi connectivity index (χ1v) is 10.1. The van der Waals surface area contributed by atoms with Crippen LogP contribution in [0, 0.1) is 11.8 Å². The van der Waals surface area contributed by atoms with Gasteiger partial charge in [0.2, 0.25) is 5.91 Å². The molecule has 0 aliphatic rings. The zero-order valence-electron chi connectivity index (χ0n) is 19.5. The van der Waals surface area contributed by atoms with Crippen molar-refractivity contribution in [2.45, 2.75) is 110 Å². The molecule has 4 N–H and O–H groups in total. The van der Waals surface area contributed by atoms with Gasteiger partial charge in [-0.1, -0.05) is 5.92 Å². The van der Waals surface area contributed by atoms with E-state index in [9.17, 15) is 19.5 Å². The number of hydrogen-bond acceptors (Lipinski definition) is 7. The van der Waals surface area contributed by atoms with Crippen LogP contribution in [0.15, 0.2) is 0 Å². The summed E-state index contributed by atoms with van der Waals surface area (Å²) in [5.74, 6) is 3.67. The number of rotatable bonds is 9. The molecule has 0 bridgehead atoms. The lowest BCUT2D eigenvalue weighted by atomic mass is 9.93. The van der Waals surface area contributed by atoms with Gasteiger partial charge in [-0.3, -0.25) is 9.59 Å². The fourth-order valence-electron chi connectivity index (χ4n) is 2.46. The minimum atomic E-state index is -1.42. The quantitative estimate of drug-likeness (QED) is 0.379. The second-order valence-corrected chi connectivity index (χ2v) is 9.45. The summed E-state index contributed by atoms with van der Waals surface area (Å²) >= 11 is 0. The zero-order valence-corrected chi connectivity index (χ0v) is 19.5. The number of ether oxygens (including phenoxy) is 2. The molecule has 0 spiro atoms. The highest BCUT2D eigenvalue weighted by Crippen LogP contribution is 2.15. The number of nitrogens with one attached hydrogen (secondary N) is 1. The fraction of sp³-hybridized carbons (Fsp3) is 0.773. The molecule has 3 unspecified atom stereocenters. The Hall–Kier alpha value is -2.11. The monoisotopic (exact) mass is 426 g/mol. The van der Waals surface area contributed by atoms with Gasteiger partial charge in [0.05, 0.1) is 0 Å². The maximum atomic E-state index is 12.5. The van der Waals surface area contributed by atoms with E-state index in [-0.39, 0.29) is 25.7 Å². The summed E-state index contributed by atoms with van der Waals surface area (Å²) in [5.41, 5.74) is 3.12. The van der Waals surface area contributed by atoms with Crippen LogP contribution in [0.2, 0.25) is 0 Å². The van der Waals surface area contributed by atoms with Crippen molar-refractivity contribution in [1.29, 1.82) is 0 Å². The topological polar surface area (TPSA) is 128 Å². The van der Waals surface area contributed by atoms with E-state index in [0.29, 0.717) is 0 Å². The van der Waals surface area contributed by atoms with E-state index in [0.717, 1.165) is 0 Å². The summed E-state index contributed by atoms with van der Waals surface area (Å²) in [6.45, 7) is 13.5. The Morgan fingerprint density at radius 2 is 1.50 bits per heavy atom. The van der Waals surface area contributed by atoms with Crippen LogP contribution in [0.25, 0.3) is 0 Å². The second-order valence-electron chi connectivity index (χ2n) is 9.45. The molecule has 0 radical (unpaired) electrons. The van der Waals surface area contributed by atoms with Gasteiger partial charge in [0.25, 0.3) is 0 Å². The molecule has 8 nitrogen and oxygen atoms in total. The fourth-order valence-corrected chi connectivity index (χ4v) is 2.46. The zero-order chi connectivity index (χ0) is 23.8. The maximum absolute atomic E-state index is 12.5. The van der Waals surface area contributed by atoms with Gasteiger partial charge in [0.15, 0.2) is 0 Å². The Kier molecular flexibility index (Phi) is 10.5. The highest BCUT2D eigenvalue weighted by Gasteiger charge is 2.30. The normalized spacial score (nSPS) is 15.7. The molecule has 0 aliphatic heterocycles. The third kappa shape index (κ3) is 12.5. The summed E-state index contributed by atoms with van der Waals surface area (Å²) in [4.78, 5) is 36.9. The summed E-state index contributed by atoms with van der Waals surface area (Å²) < 4.78 is 10.6. The molecule has 0 aliphatic carbocycles. The molecule has 0 saturated heterocycles. The van der Waals surface area contributed by atoms with Gasteiger partial charge in [-0.2, -0.15) is 0 Å². The first kappa shape index (κ1) is 27.9. The molecule has 0 saturated carbocycles. The Bertz CT molecular complexity index is 662. The van der Waals surface area contributed by atoms with Crippen molar-refractivity contribution in [3.8, 4) is 11.8 Å². The smallest absolute Gasteiger partial charge is 0.329 e. The summed E-state index contributed by atoms with van der Waals surface area (Å²) in [6, 6.07) is -1.74. The number of amides is 1. The minimum absolute atomic E-state index is 0.0194. The molecule has 0 aromatic rings. The number of nitrogens with two attached hydrogens (primary N) is 1. The van der Waals surface area contributed by atoms with Gasteiger partial charge >= 0.3 is 11.9 Å². The van der Waals surface area contributed by atoms with E-state index in [2.05, 4.69) is 17.2 Å². The number of hydrogen-bond donors (Lipinski definition) is 3. The molecule has 1 amide bonds. The molecule has 3 atom stereocenters. The van der Waals surface area contributed by atoms with Crippen LogP contribution < -0.4 is 11.1 Å². The molecule has 172 valence electrons. The average molecular weight is 427 g/mol. The van der Waals surface area contributed by atoms with Crippen LogP contribution in [0.3, 0.4) is 0 Å². The second kappa shape index (κ2) is 11.3. The van der Waals surface area contributed by atoms with Gasteiger partial charge in [0.1, 0.15) is 22.8 Å². The number of aliphatic hydroxyl groups is 1. The average Bonchev–Trinajstić information content (AvgIpc) is 2.52. The Balaban J connectivity index is 5.01. The molecule has 8 heteroatoms. The van der Waals surface area contributed by atoms with Gasteiger partial charge in [-0.25, -0.2) is 4.79 Å². The highest BCUT2D eigenvalue weighted by molar-refractivity contribution is 5.85. The molecule has 0 aromatic heterocycles. The molecule has 0 rings (SSSR count). The third-order valence-electron chi connectivity index (χ3n) is 3.87. The highest BCUT2D eigenvalue weighted by atomic mass is 16.6. The van der Waals surface area contributed by atoms with Crippen molar-refractivity contribution in [1.82, 2.24) is 5.32 Å². The van der Waals surface area contributed by atoms with Crippen molar-refractivity contribution in [2.75, 3.05) is 0 Å². The summed E-state index contributed by atoms with van der Waals surface area (Å²) in [6.07, 6.45) is 0.136. The van der Waals surface area contributed by atoms with Crippen molar-refractivity contribution < 1.29 is 29.0 Å². The first-order chi connectivity index (χ1) is 13.5. The van der Waals surface area contributed by atoms with Crippen molar-refractivity contribution in [3.05, 3.63) is 0 Å². The molecular weight excluding hydrogens is 388 g/mol.